The molecule has 0 N–H and O–H groups in total. The average molecular weight is 989 g/mol. The van der Waals surface area contributed by atoms with E-state index in [9.17, 15) is 43.2 Å². The molecular formula is C28H28Cl2F6N10NiO5S5. The van der Waals surface area contributed by atoms with Crippen LogP contribution in [0.2, 0.25) is 9.49 Å². The van der Waals surface area contributed by atoms with Crippen LogP contribution in [-0.2, 0) is 36.5 Å². The zero-order chi connectivity index (χ0) is 42.2. The van der Waals surface area contributed by atoms with Crippen LogP contribution in [0.1, 0.15) is 13.8 Å². The monoisotopic (exact) mass is 986 g/mol. The van der Waals surface area contributed by atoms with Crippen LogP contribution in [-0.4, -0.2) is 78.4 Å². The molecule has 0 unspecified atom stereocenters. The number of ether oxygens (including phenoxy) is 1. The molecule has 0 bridgehead atoms. The van der Waals surface area contributed by atoms with Gasteiger partial charge in [0.2, 0.25) is 10.3 Å². The second-order valence-corrected chi connectivity index (χ2v) is 17.2. The molecule has 0 saturated carbocycles. The Balaban J connectivity index is 0.000000387. The minimum absolute atomic E-state index is 0. The molecule has 2 heterocycles. The number of methoxy groups -OCH3 is 1. The number of anilines is 2. The standard InChI is InChI=1S/C15H17F3N5O3S2.C13H11Cl2F3N5O2S3.Ni/c1-4-23(5-2)12-8-11(22-28(24,25)15(16,17)18)10(9-13(12)26-3)20-21-14-19-6-7-27-14;1-23(2)8-4-7(22-28(24,25)13(16,17)18)6(5-9(8)26-3)20-21-12-19-10(14)11(15)27-12;/h6-9H,4-5H2,1-3H3;4-5H,1-3H3;/q2*-1;+2. The van der Waals surface area contributed by atoms with Crippen molar-refractivity contribution in [3.8, 4) is 5.75 Å². The Kier molecular flexibility index (Phi) is 18.1. The summed E-state index contributed by atoms with van der Waals surface area (Å²) in [6.07, 6.45) is 3.22. The third-order valence-corrected chi connectivity index (χ3v) is 11.7. The molecule has 0 radical (unpaired) electrons. The molecule has 0 aliphatic carbocycles. The first-order valence-electron chi connectivity index (χ1n) is 15.0. The van der Waals surface area contributed by atoms with Crippen molar-refractivity contribution >= 4 is 122 Å². The van der Waals surface area contributed by atoms with E-state index in [1.54, 1.807) is 35.5 Å². The van der Waals surface area contributed by atoms with Gasteiger partial charge in [-0.25, -0.2) is 26.8 Å². The number of aromatic nitrogens is 2. The summed E-state index contributed by atoms with van der Waals surface area (Å²) in [5.41, 5.74) is -11.6. The molecule has 15 nitrogen and oxygen atoms in total. The van der Waals surface area contributed by atoms with Crippen LogP contribution in [0.15, 0.2) is 61.2 Å². The first-order chi connectivity index (χ1) is 26.0. The van der Waals surface area contributed by atoms with Gasteiger partial charge in [0.25, 0.3) is 0 Å². The van der Waals surface area contributed by atoms with Gasteiger partial charge in [0.05, 0.1) is 24.2 Å². The van der Waals surface area contributed by atoms with E-state index in [4.69, 9.17) is 27.9 Å². The number of halogens is 8. The first kappa shape index (κ1) is 49.9. The molecule has 4 aromatic rings. The van der Waals surface area contributed by atoms with Crippen molar-refractivity contribution in [1.82, 2.24) is 9.97 Å². The molecular weight excluding hydrogens is 960 g/mol. The first-order valence-corrected chi connectivity index (χ1v) is 21.5. The van der Waals surface area contributed by atoms with Crippen molar-refractivity contribution in [3.63, 3.8) is 0 Å². The zero-order valence-electron chi connectivity index (χ0n) is 29.8. The van der Waals surface area contributed by atoms with E-state index in [1.807, 2.05) is 13.8 Å². The summed E-state index contributed by atoms with van der Waals surface area (Å²) < 4.78 is 134. The Hall–Kier alpha value is -3.20. The van der Waals surface area contributed by atoms with Crippen LogP contribution in [0.4, 0.5) is 70.7 Å². The number of thiazole rings is 2. The molecule has 0 amide bonds. The van der Waals surface area contributed by atoms with Crippen molar-refractivity contribution in [2.45, 2.75) is 29.8 Å². The van der Waals surface area contributed by atoms with Crippen LogP contribution in [0.5, 0.6) is 5.75 Å². The fourth-order valence-electron chi connectivity index (χ4n) is 4.02. The molecule has 0 fully saturated rings. The number of thioether (sulfide) groups is 1. The summed E-state index contributed by atoms with van der Waals surface area (Å²) in [6.45, 7) is 4.70. The average Bonchev–Trinajstić information content (AvgIpc) is 3.75. The second-order valence-electron chi connectivity index (χ2n) is 10.4. The number of hydrogen-bond donors (Lipinski definition) is 0. The molecule has 0 aliphatic heterocycles. The van der Waals surface area contributed by atoms with E-state index in [-0.39, 0.29) is 47.6 Å². The Bertz CT molecular complexity index is 2240. The topological polar surface area (TPSA) is 187 Å². The summed E-state index contributed by atoms with van der Waals surface area (Å²) >= 11 is 14.8. The van der Waals surface area contributed by atoms with Crippen LogP contribution < -0.4 is 14.5 Å². The Morgan fingerprint density at radius 1 is 0.842 bits per heavy atom. The second kappa shape index (κ2) is 20.7. The summed E-state index contributed by atoms with van der Waals surface area (Å²) in [4.78, 5) is 11.7. The van der Waals surface area contributed by atoms with Gasteiger partial charge in [0.1, 0.15) is 10.1 Å². The third kappa shape index (κ3) is 13.1. The molecule has 316 valence electrons. The maximum Gasteiger partial charge on any atom is 2.00 e. The minimum atomic E-state index is -5.78. The third-order valence-electron chi connectivity index (χ3n) is 6.60. The van der Waals surface area contributed by atoms with Gasteiger partial charge in [-0.15, -0.1) is 43.6 Å². The number of hydrogen-bond acceptors (Lipinski definition) is 16. The van der Waals surface area contributed by atoms with Crippen molar-refractivity contribution in [2.75, 3.05) is 50.4 Å². The van der Waals surface area contributed by atoms with Gasteiger partial charge in [0.15, 0.2) is 25.2 Å². The molecule has 2 aromatic heterocycles. The summed E-state index contributed by atoms with van der Waals surface area (Å²) in [7, 11) is -6.86. The van der Waals surface area contributed by atoms with E-state index in [2.05, 4.69) is 39.9 Å². The number of nitrogens with zero attached hydrogens (tertiary/aromatic N) is 10. The minimum Gasteiger partial charge on any atom is -0.568 e. The molecule has 0 aliphatic rings. The molecule has 0 spiro atoms. The SMILES string of the molecule is CCN(CC)c1cc([N-]S(=O)(=O)C(F)(F)F)c(N=Nc2nccs2)cc1OC.CSc1cc(N=Nc2nc(Cl)c(Cl)s2)c([N-]S(=O)(=O)C(F)(F)F)cc1N(C)C.[Ni+2]. The number of benzene rings is 2. The largest absolute Gasteiger partial charge is 2.00 e. The predicted octanol–water partition coefficient (Wildman–Crippen LogP) is 11.8. The normalized spacial score (nSPS) is 12.2. The van der Waals surface area contributed by atoms with E-state index in [0.717, 1.165) is 22.7 Å². The Morgan fingerprint density at radius 2 is 1.35 bits per heavy atom. The molecule has 57 heavy (non-hydrogen) atoms. The van der Waals surface area contributed by atoms with E-state index in [0.29, 0.717) is 35.1 Å². The zero-order valence-corrected chi connectivity index (χ0v) is 36.4. The fraction of sp³-hybridized carbons (Fsp3) is 0.357. The number of sulfonamides is 2. The van der Waals surface area contributed by atoms with Gasteiger partial charge in [-0.3, -0.25) is 0 Å². The van der Waals surface area contributed by atoms with Crippen LogP contribution in [0, 0.1) is 0 Å². The van der Waals surface area contributed by atoms with Gasteiger partial charge in [-0.05, 0) is 38.3 Å². The fourth-order valence-corrected chi connectivity index (χ4v) is 7.18. The van der Waals surface area contributed by atoms with Crippen LogP contribution >= 0.6 is 57.6 Å². The Morgan fingerprint density at radius 3 is 1.75 bits per heavy atom. The van der Waals surface area contributed by atoms with Crippen molar-refractivity contribution < 1.29 is 64.4 Å². The Labute approximate surface area is 355 Å². The molecule has 0 atom stereocenters. The van der Waals surface area contributed by atoms with Gasteiger partial charge >= 0.3 is 27.5 Å². The van der Waals surface area contributed by atoms with Crippen LogP contribution in [0.25, 0.3) is 9.44 Å². The summed E-state index contributed by atoms with van der Waals surface area (Å²) in [5, 5.41) is 17.1. The number of azo groups is 2. The summed E-state index contributed by atoms with van der Waals surface area (Å²) in [5.74, 6) is 0.292. The smallest absolute Gasteiger partial charge is 0.568 e. The summed E-state index contributed by atoms with van der Waals surface area (Å²) in [6, 6.07) is 5.04. The van der Waals surface area contributed by atoms with Gasteiger partial charge < -0.3 is 24.0 Å². The van der Waals surface area contributed by atoms with E-state index < -0.39 is 42.4 Å². The van der Waals surface area contributed by atoms with Gasteiger partial charge in [0, 0.05) is 55.4 Å². The van der Waals surface area contributed by atoms with Gasteiger partial charge in [-0.1, -0.05) is 45.9 Å². The number of rotatable bonds is 14. The molecule has 2 aromatic carbocycles. The molecule has 4 rings (SSSR count). The van der Waals surface area contributed by atoms with E-state index >= 15 is 0 Å². The quantitative estimate of drug-likeness (QED) is 0.0509. The molecule has 0 saturated heterocycles. The maximum atomic E-state index is 12.8. The van der Waals surface area contributed by atoms with Crippen LogP contribution in [0.3, 0.4) is 0 Å². The maximum absolute atomic E-state index is 12.8. The molecule has 29 heteroatoms. The predicted molar refractivity (Wildman–Crippen MR) is 208 cm³/mol. The van der Waals surface area contributed by atoms with Crippen molar-refractivity contribution in [2.24, 2.45) is 20.5 Å². The van der Waals surface area contributed by atoms with Crippen molar-refractivity contribution in [3.05, 3.63) is 54.8 Å². The number of alkyl halides is 6. The van der Waals surface area contributed by atoms with Crippen molar-refractivity contribution in [1.29, 1.82) is 0 Å². The van der Waals surface area contributed by atoms with Gasteiger partial charge in [-0.2, -0.15) is 26.3 Å². The van der Waals surface area contributed by atoms with E-state index in [1.165, 1.54) is 49.3 Å².